The zero-order valence-corrected chi connectivity index (χ0v) is 12.2. The van der Waals surface area contributed by atoms with Crippen LogP contribution in [0, 0.1) is 5.41 Å². The highest BCUT2D eigenvalue weighted by Crippen LogP contribution is 2.49. The van der Waals surface area contributed by atoms with Crippen LogP contribution in [-0.4, -0.2) is 18.0 Å². The fourth-order valence-electron chi connectivity index (χ4n) is 3.60. The zero-order chi connectivity index (χ0) is 13.7. The van der Waals surface area contributed by atoms with Gasteiger partial charge in [-0.05, 0) is 42.9 Å². The van der Waals surface area contributed by atoms with E-state index in [0.717, 1.165) is 30.1 Å². The first-order chi connectivity index (χ1) is 8.92. The number of nitrogens with two attached hydrogens (primary N) is 1. The third kappa shape index (κ3) is 2.10. The number of rotatable bonds is 1. The molecule has 1 heterocycles. The fraction of sp³-hybridized carbons (Fsp3) is 0.533. The molecular weight excluding hydrogens is 258 g/mol. The van der Waals surface area contributed by atoms with Crippen molar-refractivity contribution in [2.24, 2.45) is 16.1 Å². The Labute approximate surface area is 119 Å². The van der Waals surface area contributed by atoms with Crippen LogP contribution in [0.25, 0.3) is 0 Å². The van der Waals surface area contributed by atoms with Crippen molar-refractivity contribution in [1.29, 1.82) is 0 Å². The van der Waals surface area contributed by atoms with Gasteiger partial charge in [-0.2, -0.15) is 0 Å². The minimum Gasteiger partial charge on any atom is -0.369 e. The number of hydrogen-bond acceptors (Lipinski definition) is 3. The van der Waals surface area contributed by atoms with E-state index in [1.54, 1.807) is 0 Å². The first-order valence-corrected chi connectivity index (χ1v) is 7.16. The van der Waals surface area contributed by atoms with Crippen LogP contribution >= 0.6 is 11.6 Å². The number of benzene rings is 1. The zero-order valence-electron chi connectivity index (χ0n) is 11.5. The van der Waals surface area contributed by atoms with Gasteiger partial charge in [-0.25, -0.2) is 0 Å². The lowest BCUT2D eigenvalue weighted by atomic mass is 9.87. The monoisotopic (exact) mass is 277 g/mol. The first kappa shape index (κ1) is 12.8. The molecule has 1 aliphatic heterocycles. The topological polar surface area (TPSA) is 41.6 Å². The Kier molecular flexibility index (Phi) is 2.79. The molecule has 0 aromatic heterocycles. The molecule has 1 aliphatic carbocycles. The summed E-state index contributed by atoms with van der Waals surface area (Å²) in [6.45, 7) is 5.45. The molecule has 0 radical (unpaired) electrons. The van der Waals surface area contributed by atoms with E-state index in [1.165, 1.54) is 6.42 Å². The van der Waals surface area contributed by atoms with Crippen LogP contribution in [0.2, 0.25) is 5.02 Å². The van der Waals surface area contributed by atoms with Crippen molar-refractivity contribution in [3.8, 4) is 0 Å². The molecule has 19 heavy (non-hydrogen) atoms. The second-order valence-corrected chi connectivity index (χ2v) is 6.99. The molecule has 0 bridgehead atoms. The van der Waals surface area contributed by atoms with Crippen molar-refractivity contribution in [3.63, 3.8) is 0 Å². The van der Waals surface area contributed by atoms with Crippen LogP contribution in [0.1, 0.15) is 33.1 Å². The number of hydrogen-bond donors (Lipinski definition) is 1. The van der Waals surface area contributed by atoms with Gasteiger partial charge in [-0.3, -0.25) is 4.99 Å². The molecule has 1 aromatic rings. The Morgan fingerprint density at radius 3 is 2.74 bits per heavy atom. The third-order valence-electron chi connectivity index (χ3n) is 4.38. The fourth-order valence-corrected chi connectivity index (χ4v) is 3.78. The highest BCUT2D eigenvalue weighted by molar-refractivity contribution is 6.31. The summed E-state index contributed by atoms with van der Waals surface area (Å²) in [5.41, 5.74) is 7.61. The Hall–Kier alpha value is -1.22. The van der Waals surface area contributed by atoms with E-state index < -0.39 is 0 Å². The van der Waals surface area contributed by atoms with Crippen molar-refractivity contribution in [1.82, 2.24) is 0 Å². The van der Waals surface area contributed by atoms with Gasteiger partial charge >= 0.3 is 0 Å². The van der Waals surface area contributed by atoms with Crippen molar-refractivity contribution < 1.29 is 0 Å². The maximum Gasteiger partial charge on any atom is 0.196 e. The number of nitrogens with zero attached hydrogens (tertiary/aromatic N) is 2. The van der Waals surface area contributed by atoms with E-state index in [2.05, 4.69) is 29.8 Å². The predicted molar refractivity (Wildman–Crippen MR) is 80.8 cm³/mol. The molecule has 2 aliphatic rings. The lowest BCUT2D eigenvalue weighted by molar-refractivity contribution is 0.346. The molecule has 3 nitrogen and oxygen atoms in total. The van der Waals surface area contributed by atoms with Crippen molar-refractivity contribution in [2.45, 2.75) is 38.6 Å². The van der Waals surface area contributed by atoms with Crippen molar-refractivity contribution in [2.75, 3.05) is 11.4 Å². The average Bonchev–Trinajstić information content (AvgIpc) is 2.80. The summed E-state index contributed by atoms with van der Waals surface area (Å²) in [4.78, 5) is 6.70. The Morgan fingerprint density at radius 1 is 1.32 bits per heavy atom. The van der Waals surface area contributed by atoms with Crippen LogP contribution in [-0.2, 0) is 0 Å². The molecule has 4 heteroatoms. The molecule has 1 aromatic carbocycles. The molecule has 0 saturated heterocycles. The van der Waals surface area contributed by atoms with E-state index in [1.807, 2.05) is 18.2 Å². The first-order valence-electron chi connectivity index (χ1n) is 6.78. The average molecular weight is 278 g/mol. The van der Waals surface area contributed by atoms with Crippen LogP contribution in [0.3, 0.4) is 0 Å². The Bertz CT molecular complexity index is 538. The lowest BCUT2D eigenvalue weighted by Crippen LogP contribution is -2.50. The quantitative estimate of drug-likeness (QED) is 0.854. The van der Waals surface area contributed by atoms with E-state index in [0.29, 0.717) is 11.4 Å². The smallest absolute Gasteiger partial charge is 0.196 e. The summed E-state index contributed by atoms with van der Waals surface area (Å²) in [7, 11) is 0. The van der Waals surface area contributed by atoms with Crippen LogP contribution in [0.5, 0.6) is 0 Å². The molecule has 1 unspecified atom stereocenters. The van der Waals surface area contributed by atoms with Crippen LogP contribution < -0.4 is 10.6 Å². The molecule has 1 saturated carbocycles. The van der Waals surface area contributed by atoms with E-state index >= 15 is 0 Å². The number of aliphatic imine (C=N–C) groups is 1. The molecule has 2 N–H and O–H groups in total. The van der Waals surface area contributed by atoms with Gasteiger partial charge in [0.25, 0.3) is 0 Å². The molecule has 1 fully saturated rings. The minimum atomic E-state index is 0.0538. The molecule has 0 amide bonds. The summed E-state index contributed by atoms with van der Waals surface area (Å²) in [6, 6.07) is 7.89. The van der Waals surface area contributed by atoms with Crippen LogP contribution in [0.15, 0.2) is 29.3 Å². The molecule has 102 valence electrons. The van der Waals surface area contributed by atoms with Gasteiger partial charge < -0.3 is 10.6 Å². The van der Waals surface area contributed by atoms with Gasteiger partial charge in [-0.15, -0.1) is 0 Å². The van der Waals surface area contributed by atoms with Crippen molar-refractivity contribution in [3.05, 3.63) is 29.3 Å². The van der Waals surface area contributed by atoms with E-state index in [4.69, 9.17) is 17.3 Å². The second-order valence-electron chi connectivity index (χ2n) is 6.56. The van der Waals surface area contributed by atoms with E-state index in [-0.39, 0.29) is 5.54 Å². The number of guanidine groups is 1. The Balaban J connectivity index is 2.00. The summed E-state index contributed by atoms with van der Waals surface area (Å²) in [5.74, 6) is 0.625. The van der Waals surface area contributed by atoms with Gasteiger partial charge in [-0.1, -0.05) is 31.5 Å². The molecule has 3 rings (SSSR count). The standard InChI is InChI=1S/C15H20ClN3/c1-14(2)6-7-15(9-14)10-18-13(17)19(15)12-5-3-4-11(16)8-12/h3-5,8H,6-7,9-10H2,1-2H3,(H2,17,18). The highest BCUT2D eigenvalue weighted by atomic mass is 35.5. The van der Waals surface area contributed by atoms with Gasteiger partial charge in [0.05, 0.1) is 12.1 Å². The maximum absolute atomic E-state index is 6.14. The minimum absolute atomic E-state index is 0.0538. The SMILES string of the molecule is CC1(C)CCC2(CN=C(N)N2c2cccc(Cl)c2)C1. The van der Waals surface area contributed by atoms with Gasteiger partial charge in [0.2, 0.25) is 0 Å². The predicted octanol–water partition coefficient (Wildman–Crippen LogP) is 3.42. The third-order valence-corrected chi connectivity index (χ3v) is 4.62. The number of halogens is 1. The number of anilines is 1. The summed E-state index contributed by atoms with van der Waals surface area (Å²) in [6.07, 6.45) is 3.47. The van der Waals surface area contributed by atoms with Crippen LogP contribution in [0.4, 0.5) is 5.69 Å². The molecule has 1 spiro atoms. The van der Waals surface area contributed by atoms with Gasteiger partial charge in [0.1, 0.15) is 0 Å². The highest BCUT2D eigenvalue weighted by Gasteiger charge is 2.50. The normalized spacial score (nSPS) is 29.0. The summed E-state index contributed by atoms with van der Waals surface area (Å²) >= 11 is 6.11. The summed E-state index contributed by atoms with van der Waals surface area (Å²) in [5, 5.41) is 0.740. The lowest BCUT2D eigenvalue weighted by Gasteiger charge is -2.37. The largest absolute Gasteiger partial charge is 0.369 e. The van der Waals surface area contributed by atoms with E-state index in [9.17, 15) is 0 Å². The summed E-state index contributed by atoms with van der Waals surface area (Å²) < 4.78 is 0. The van der Waals surface area contributed by atoms with Gasteiger partial charge in [0, 0.05) is 10.7 Å². The Morgan fingerprint density at radius 2 is 2.11 bits per heavy atom. The van der Waals surface area contributed by atoms with Gasteiger partial charge in [0.15, 0.2) is 5.96 Å². The maximum atomic E-state index is 6.14. The van der Waals surface area contributed by atoms with Crippen molar-refractivity contribution >= 4 is 23.2 Å². The molecule has 1 atom stereocenters. The second kappa shape index (κ2) is 4.14. The molecular formula is C15H20ClN3.